The molecule has 0 N–H and O–H groups in total. The topological polar surface area (TPSA) is 22.1 Å². The van der Waals surface area contributed by atoms with Gasteiger partial charge in [-0.2, -0.15) is 13.2 Å². The van der Waals surface area contributed by atoms with Crippen molar-refractivity contribution in [3.05, 3.63) is 47.9 Å². The Labute approximate surface area is 106 Å². The Hall–Kier alpha value is -2.11. The molecule has 0 amide bonds. The normalized spacial score (nSPS) is 11.4. The summed E-state index contributed by atoms with van der Waals surface area (Å²) in [7, 11) is 1.28. The Kier molecular flexibility index (Phi) is 3.42. The zero-order chi connectivity index (χ0) is 14.0. The van der Waals surface area contributed by atoms with E-state index in [0.717, 1.165) is 18.2 Å². The van der Waals surface area contributed by atoms with E-state index in [1.165, 1.54) is 25.4 Å². The van der Waals surface area contributed by atoms with Crippen LogP contribution in [0.15, 0.2) is 36.5 Å². The molecule has 1 aromatic heterocycles. The van der Waals surface area contributed by atoms with E-state index in [-0.39, 0.29) is 5.88 Å². The maximum atomic E-state index is 13.4. The molecule has 2 nitrogen and oxygen atoms in total. The second kappa shape index (κ2) is 4.87. The van der Waals surface area contributed by atoms with Crippen LogP contribution in [0.3, 0.4) is 0 Å². The molecule has 19 heavy (non-hydrogen) atoms. The van der Waals surface area contributed by atoms with Crippen molar-refractivity contribution in [2.75, 3.05) is 7.11 Å². The molecule has 1 heterocycles. The highest BCUT2D eigenvalue weighted by atomic mass is 19.4. The van der Waals surface area contributed by atoms with Crippen LogP contribution in [0.4, 0.5) is 17.6 Å². The standard InChI is InChI=1S/C13H9F4NO/c1-19-12-11(14)6-9(7-18-12)8-2-4-10(5-3-8)13(15,16)17/h2-7H,1H3. The quantitative estimate of drug-likeness (QED) is 0.772. The molecule has 0 unspecified atom stereocenters. The Morgan fingerprint density at radius 2 is 1.68 bits per heavy atom. The number of nitrogens with zero attached hydrogens (tertiary/aromatic N) is 1. The molecule has 1 aromatic carbocycles. The predicted octanol–water partition coefficient (Wildman–Crippen LogP) is 3.92. The predicted molar refractivity (Wildman–Crippen MR) is 61.2 cm³/mol. The van der Waals surface area contributed by atoms with Gasteiger partial charge in [-0.1, -0.05) is 12.1 Å². The van der Waals surface area contributed by atoms with Crippen molar-refractivity contribution in [2.45, 2.75) is 6.18 Å². The smallest absolute Gasteiger partial charge is 0.416 e. The maximum absolute atomic E-state index is 13.4. The Bertz CT molecular complexity index is 578. The van der Waals surface area contributed by atoms with Gasteiger partial charge < -0.3 is 4.74 Å². The van der Waals surface area contributed by atoms with Gasteiger partial charge in [0.05, 0.1) is 12.7 Å². The van der Waals surface area contributed by atoms with Crippen LogP contribution in [-0.2, 0) is 6.18 Å². The monoisotopic (exact) mass is 271 g/mol. The number of halogens is 4. The molecular weight excluding hydrogens is 262 g/mol. The highest BCUT2D eigenvalue weighted by Gasteiger charge is 2.29. The van der Waals surface area contributed by atoms with E-state index >= 15 is 0 Å². The summed E-state index contributed by atoms with van der Waals surface area (Å²) < 4.78 is 55.3. The van der Waals surface area contributed by atoms with Crippen molar-refractivity contribution in [3.8, 4) is 17.0 Å². The number of aromatic nitrogens is 1. The van der Waals surface area contributed by atoms with Gasteiger partial charge in [0.1, 0.15) is 0 Å². The Morgan fingerprint density at radius 1 is 1.05 bits per heavy atom. The van der Waals surface area contributed by atoms with E-state index in [0.29, 0.717) is 11.1 Å². The molecule has 0 aliphatic rings. The third kappa shape index (κ3) is 2.83. The van der Waals surface area contributed by atoms with Crippen LogP contribution in [0.5, 0.6) is 5.88 Å². The highest BCUT2D eigenvalue weighted by molar-refractivity contribution is 5.63. The first-order valence-electron chi connectivity index (χ1n) is 5.29. The molecule has 0 saturated heterocycles. The fourth-order valence-electron chi connectivity index (χ4n) is 1.59. The van der Waals surface area contributed by atoms with Gasteiger partial charge in [0.25, 0.3) is 0 Å². The van der Waals surface area contributed by atoms with E-state index < -0.39 is 17.6 Å². The third-order valence-electron chi connectivity index (χ3n) is 2.55. The fraction of sp³-hybridized carbons (Fsp3) is 0.154. The Morgan fingerprint density at radius 3 is 2.16 bits per heavy atom. The molecule has 0 fully saturated rings. The molecule has 0 spiro atoms. The second-order valence-electron chi connectivity index (χ2n) is 3.79. The summed E-state index contributed by atoms with van der Waals surface area (Å²) in [5, 5.41) is 0. The molecule has 2 aromatic rings. The van der Waals surface area contributed by atoms with Gasteiger partial charge in [-0.25, -0.2) is 9.37 Å². The first-order valence-corrected chi connectivity index (χ1v) is 5.29. The van der Waals surface area contributed by atoms with E-state index in [9.17, 15) is 17.6 Å². The summed E-state index contributed by atoms with van der Waals surface area (Å²) in [4.78, 5) is 3.72. The van der Waals surface area contributed by atoms with Gasteiger partial charge in [-0.3, -0.25) is 0 Å². The van der Waals surface area contributed by atoms with Crippen molar-refractivity contribution in [2.24, 2.45) is 0 Å². The van der Waals surface area contributed by atoms with Crippen LogP contribution in [0.25, 0.3) is 11.1 Å². The minimum atomic E-state index is -4.39. The fourth-order valence-corrected chi connectivity index (χ4v) is 1.59. The average Bonchev–Trinajstić information content (AvgIpc) is 2.38. The van der Waals surface area contributed by atoms with Crippen molar-refractivity contribution in [3.63, 3.8) is 0 Å². The van der Waals surface area contributed by atoms with E-state index in [2.05, 4.69) is 9.72 Å². The molecule has 0 bridgehead atoms. The van der Waals surface area contributed by atoms with Gasteiger partial charge in [0.15, 0.2) is 5.82 Å². The number of hydrogen-bond acceptors (Lipinski definition) is 2. The number of ether oxygens (including phenoxy) is 1. The summed E-state index contributed by atoms with van der Waals surface area (Å²) in [6, 6.07) is 5.58. The summed E-state index contributed by atoms with van der Waals surface area (Å²) in [5.41, 5.74) is 0.0762. The molecule has 0 aliphatic carbocycles. The molecule has 0 saturated carbocycles. The second-order valence-corrected chi connectivity index (χ2v) is 3.79. The molecular formula is C13H9F4NO. The third-order valence-corrected chi connectivity index (χ3v) is 2.55. The van der Waals surface area contributed by atoms with Crippen molar-refractivity contribution in [1.29, 1.82) is 0 Å². The van der Waals surface area contributed by atoms with Crippen molar-refractivity contribution >= 4 is 0 Å². The van der Waals surface area contributed by atoms with Crippen LogP contribution in [0, 0.1) is 5.82 Å². The molecule has 100 valence electrons. The number of rotatable bonds is 2. The van der Waals surface area contributed by atoms with Crippen molar-refractivity contribution < 1.29 is 22.3 Å². The van der Waals surface area contributed by atoms with Crippen LogP contribution < -0.4 is 4.74 Å². The lowest BCUT2D eigenvalue weighted by Crippen LogP contribution is -2.04. The SMILES string of the molecule is COc1ncc(-c2ccc(C(F)(F)F)cc2)cc1F. The summed E-state index contributed by atoms with van der Waals surface area (Å²) >= 11 is 0. The first-order chi connectivity index (χ1) is 8.91. The van der Waals surface area contributed by atoms with Gasteiger partial charge in [-0.05, 0) is 23.8 Å². The zero-order valence-corrected chi connectivity index (χ0v) is 9.83. The number of methoxy groups -OCH3 is 1. The first kappa shape index (κ1) is 13.3. The van der Waals surface area contributed by atoms with Crippen LogP contribution in [-0.4, -0.2) is 12.1 Å². The minimum absolute atomic E-state index is 0.157. The summed E-state index contributed by atoms with van der Waals surface area (Å²) in [6.45, 7) is 0. The van der Waals surface area contributed by atoms with Gasteiger partial charge in [0.2, 0.25) is 5.88 Å². The number of benzene rings is 1. The molecule has 2 rings (SSSR count). The lowest BCUT2D eigenvalue weighted by Gasteiger charge is -2.08. The lowest BCUT2D eigenvalue weighted by atomic mass is 10.1. The van der Waals surface area contributed by atoms with Crippen LogP contribution in [0.1, 0.15) is 5.56 Å². The van der Waals surface area contributed by atoms with E-state index in [1.807, 2.05) is 0 Å². The number of pyridine rings is 1. The molecule has 0 atom stereocenters. The van der Waals surface area contributed by atoms with Gasteiger partial charge in [0, 0.05) is 11.8 Å². The van der Waals surface area contributed by atoms with Crippen molar-refractivity contribution in [1.82, 2.24) is 4.98 Å². The maximum Gasteiger partial charge on any atom is 0.416 e. The lowest BCUT2D eigenvalue weighted by molar-refractivity contribution is -0.137. The van der Waals surface area contributed by atoms with Crippen LogP contribution in [0.2, 0.25) is 0 Å². The Balaban J connectivity index is 2.35. The number of hydrogen-bond donors (Lipinski definition) is 0. The molecule has 0 aliphatic heterocycles. The summed E-state index contributed by atoms with van der Waals surface area (Å²) in [6.07, 6.45) is -3.05. The zero-order valence-electron chi connectivity index (χ0n) is 9.83. The van der Waals surface area contributed by atoms with E-state index in [4.69, 9.17) is 0 Å². The van der Waals surface area contributed by atoms with Gasteiger partial charge in [-0.15, -0.1) is 0 Å². The average molecular weight is 271 g/mol. The highest BCUT2D eigenvalue weighted by Crippen LogP contribution is 2.31. The number of alkyl halides is 3. The summed E-state index contributed by atoms with van der Waals surface area (Å²) in [5.74, 6) is -0.824. The molecule has 0 radical (unpaired) electrons. The molecule has 6 heteroatoms. The minimum Gasteiger partial charge on any atom is -0.479 e. The van der Waals surface area contributed by atoms with E-state index in [1.54, 1.807) is 0 Å². The largest absolute Gasteiger partial charge is 0.479 e. The van der Waals surface area contributed by atoms with Gasteiger partial charge >= 0.3 is 6.18 Å². The van der Waals surface area contributed by atoms with Crippen LogP contribution >= 0.6 is 0 Å².